The maximum atomic E-state index is 12.3. The predicted molar refractivity (Wildman–Crippen MR) is 153 cm³/mol. The van der Waals surface area contributed by atoms with Crippen molar-refractivity contribution >= 4 is 35.6 Å². The van der Waals surface area contributed by atoms with E-state index in [9.17, 15) is 19.2 Å². The van der Waals surface area contributed by atoms with Crippen LogP contribution in [0.5, 0.6) is 5.75 Å². The molecule has 0 radical (unpaired) electrons. The fourth-order valence-corrected chi connectivity index (χ4v) is 6.32. The van der Waals surface area contributed by atoms with Gasteiger partial charge in [0.25, 0.3) is 0 Å². The molecule has 2 aliphatic heterocycles. The summed E-state index contributed by atoms with van der Waals surface area (Å²) >= 11 is 1.75. The smallest absolute Gasteiger partial charge is 0.303 e. The van der Waals surface area contributed by atoms with Crippen LogP contribution in [0.4, 0.5) is 0 Å². The number of hydrogen-bond donors (Lipinski definition) is 0. The van der Waals surface area contributed by atoms with Crippen LogP contribution in [-0.4, -0.2) is 67.3 Å². The maximum Gasteiger partial charge on any atom is 0.303 e. The van der Waals surface area contributed by atoms with Crippen LogP contribution in [0.25, 0.3) is 0 Å². The molecule has 6 unspecified atom stereocenters. The summed E-state index contributed by atoms with van der Waals surface area (Å²) in [4.78, 5) is 48.3. The quantitative estimate of drug-likeness (QED) is 0.319. The molecular formula is C31H36O10S. The van der Waals surface area contributed by atoms with Gasteiger partial charge in [0.05, 0.1) is 11.9 Å². The molecule has 6 atom stereocenters. The van der Waals surface area contributed by atoms with Crippen molar-refractivity contribution in [2.45, 2.75) is 76.8 Å². The van der Waals surface area contributed by atoms with Crippen molar-refractivity contribution in [3.63, 3.8) is 0 Å². The van der Waals surface area contributed by atoms with Crippen molar-refractivity contribution in [2.75, 3.05) is 19.0 Å². The molecule has 0 amide bonds. The fraction of sp³-hybridized carbons (Fsp3) is 0.484. The summed E-state index contributed by atoms with van der Waals surface area (Å²) in [5, 5.41) is -0.0426. The summed E-state index contributed by atoms with van der Waals surface area (Å²) in [5.74, 6) is -1.07. The highest BCUT2D eigenvalue weighted by Gasteiger charge is 2.52. The maximum absolute atomic E-state index is 12.3. The highest BCUT2D eigenvalue weighted by atomic mass is 32.2. The van der Waals surface area contributed by atoms with Crippen molar-refractivity contribution in [2.24, 2.45) is 0 Å². The largest absolute Gasteiger partial charge is 0.492 e. The Morgan fingerprint density at radius 2 is 1.43 bits per heavy atom. The summed E-state index contributed by atoms with van der Waals surface area (Å²) in [6, 6.07) is 14.0. The molecule has 0 saturated carbocycles. The minimum absolute atomic E-state index is 0.0426. The Morgan fingerprint density at radius 3 is 2.05 bits per heavy atom. The molecule has 42 heavy (non-hydrogen) atoms. The van der Waals surface area contributed by atoms with Gasteiger partial charge in [-0.05, 0) is 35.2 Å². The first-order chi connectivity index (χ1) is 20.1. The van der Waals surface area contributed by atoms with Crippen LogP contribution in [0.15, 0.2) is 42.5 Å². The van der Waals surface area contributed by atoms with Crippen LogP contribution in [0.3, 0.4) is 0 Å². The first-order valence-electron chi connectivity index (χ1n) is 13.8. The molecule has 4 rings (SSSR count). The summed E-state index contributed by atoms with van der Waals surface area (Å²) in [6.45, 7) is 7.22. The van der Waals surface area contributed by atoms with E-state index in [2.05, 4.69) is 31.2 Å². The van der Waals surface area contributed by atoms with Gasteiger partial charge in [-0.3, -0.25) is 19.2 Å². The summed E-state index contributed by atoms with van der Waals surface area (Å²) in [6.07, 6.45) is -4.69. The summed E-state index contributed by atoms with van der Waals surface area (Å²) in [7, 11) is 0. The normalized spacial score (nSPS) is 25.2. The van der Waals surface area contributed by atoms with Gasteiger partial charge in [-0.25, -0.2) is 0 Å². The first kappa shape index (κ1) is 31.4. The van der Waals surface area contributed by atoms with Gasteiger partial charge in [0.2, 0.25) is 0 Å². The molecule has 0 aliphatic carbocycles. The molecule has 11 heteroatoms. The summed E-state index contributed by atoms with van der Waals surface area (Å²) in [5.41, 5.74) is 3.88. The molecule has 1 saturated heterocycles. The predicted octanol–water partition coefficient (Wildman–Crippen LogP) is 4.26. The zero-order valence-corrected chi connectivity index (χ0v) is 25.1. The van der Waals surface area contributed by atoms with Crippen LogP contribution in [0, 0.1) is 0 Å². The standard InChI is InChI=1S/C31H36O10S/c1-6-21-7-9-22(10-8-21)31-24-15-23(11-12-25(24)36-13-14-42-31)27-29(39-19(4)34)30(40-20(5)35)28(38-18(3)33)26(41-27)16-37-17(2)32/h7-12,15,26-31H,6,13-14,16H2,1-5H3. The van der Waals surface area contributed by atoms with E-state index in [1.807, 2.05) is 12.1 Å². The van der Waals surface area contributed by atoms with E-state index >= 15 is 0 Å². The van der Waals surface area contributed by atoms with Crippen LogP contribution < -0.4 is 4.74 Å². The lowest BCUT2D eigenvalue weighted by atomic mass is 9.89. The molecule has 0 aromatic heterocycles. The number of fused-ring (bicyclic) bond motifs is 1. The SMILES string of the molecule is CCc1ccc(C2SCCOc3ccc(C4OC(COC(C)=O)C(OC(C)=O)C(OC(C)=O)C4OC(C)=O)cc32)cc1. The lowest BCUT2D eigenvalue weighted by Crippen LogP contribution is -2.59. The van der Waals surface area contributed by atoms with Crippen molar-refractivity contribution in [3.05, 3.63) is 64.7 Å². The van der Waals surface area contributed by atoms with E-state index in [4.69, 9.17) is 28.4 Å². The molecule has 0 spiro atoms. The third kappa shape index (κ3) is 7.63. The molecule has 226 valence electrons. The van der Waals surface area contributed by atoms with E-state index in [1.165, 1.54) is 33.3 Å². The minimum atomic E-state index is -1.24. The van der Waals surface area contributed by atoms with Crippen LogP contribution in [0.1, 0.15) is 68.2 Å². The van der Waals surface area contributed by atoms with E-state index in [1.54, 1.807) is 17.8 Å². The van der Waals surface area contributed by atoms with E-state index in [0.29, 0.717) is 12.2 Å². The average molecular weight is 601 g/mol. The van der Waals surface area contributed by atoms with Crippen molar-refractivity contribution in [1.82, 2.24) is 0 Å². The highest BCUT2D eigenvalue weighted by Crippen LogP contribution is 2.45. The zero-order chi connectivity index (χ0) is 30.4. The molecule has 2 aromatic rings. The number of carbonyl (C=O) groups excluding carboxylic acids is 4. The Labute approximate surface area is 249 Å². The molecule has 2 heterocycles. The number of hydrogen-bond acceptors (Lipinski definition) is 11. The molecule has 1 fully saturated rings. The third-order valence-corrected chi connectivity index (χ3v) is 8.21. The van der Waals surface area contributed by atoms with Gasteiger partial charge < -0.3 is 28.4 Å². The molecule has 0 N–H and O–H groups in total. The van der Waals surface area contributed by atoms with Gasteiger partial charge >= 0.3 is 23.9 Å². The number of benzene rings is 2. The van der Waals surface area contributed by atoms with Gasteiger partial charge in [-0.15, -0.1) is 11.8 Å². The lowest BCUT2D eigenvalue weighted by molar-refractivity contribution is -0.254. The van der Waals surface area contributed by atoms with Crippen LogP contribution in [0.2, 0.25) is 0 Å². The Hall–Kier alpha value is -3.57. The average Bonchev–Trinajstić information content (AvgIpc) is 3.15. The fourth-order valence-electron chi connectivity index (χ4n) is 5.19. The van der Waals surface area contributed by atoms with Crippen molar-refractivity contribution in [1.29, 1.82) is 0 Å². The molecule has 0 bridgehead atoms. The number of carbonyl (C=O) groups is 4. The topological polar surface area (TPSA) is 124 Å². The van der Waals surface area contributed by atoms with Crippen molar-refractivity contribution in [3.8, 4) is 5.75 Å². The third-order valence-electron chi connectivity index (χ3n) is 6.95. The Balaban J connectivity index is 1.80. The molecule has 10 nitrogen and oxygen atoms in total. The monoisotopic (exact) mass is 600 g/mol. The molecule has 2 aliphatic rings. The Morgan fingerprint density at radius 1 is 0.810 bits per heavy atom. The lowest BCUT2D eigenvalue weighted by Gasteiger charge is -2.44. The Kier molecular flexibility index (Phi) is 10.5. The second-order valence-corrected chi connectivity index (χ2v) is 11.3. The van der Waals surface area contributed by atoms with E-state index in [-0.39, 0.29) is 11.9 Å². The second-order valence-electron chi connectivity index (χ2n) is 10.1. The van der Waals surface area contributed by atoms with Crippen LogP contribution in [-0.2, 0) is 49.3 Å². The molecular weight excluding hydrogens is 564 g/mol. The van der Waals surface area contributed by atoms with Gasteiger partial charge in [0.1, 0.15) is 24.6 Å². The van der Waals surface area contributed by atoms with Gasteiger partial charge in [0.15, 0.2) is 18.3 Å². The highest BCUT2D eigenvalue weighted by molar-refractivity contribution is 7.99. The number of rotatable bonds is 8. The first-order valence-corrected chi connectivity index (χ1v) is 14.9. The number of thioether (sulfide) groups is 1. The van der Waals surface area contributed by atoms with Gasteiger partial charge in [0, 0.05) is 39.0 Å². The van der Waals surface area contributed by atoms with Gasteiger partial charge in [-0.2, -0.15) is 0 Å². The van der Waals surface area contributed by atoms with Gasteiger partial charge in [-0.1, -0.05) is 37.3 Å². The number of esters is 4. The number of aryl methyl sites for hydroxylation is 1. The van der Waals surface area contributed by atoms with E-state index < -0.39 is 54.4 Å². The zero-order valence-electron chi connectivity index (χ0n) is 24.3. The Bertz CT molecular complexity index is 1290. The van der Waals surface area contributed by atoms with E-state index in [0.717, 1.165) is 29.1 Å². The van der Waals surface area contributed by atoms with Crippen molar-refractivity contribution < 1.29 is 47.6 Å². The number of ether oxygens (including phenoxy) is 6. The summed E-state index contributed by atoms with van der Waals surface area (Å²) < 4.78 is 34.5. The van der Waals surface area contributed by atoms with Crippen LogP contribution >= 0.6 is 11.8 Å². The minimum Gasteiger partial charge on any atom is -0.492 e. The second kappa shape index (κ2) is 14.1. The molecule has 2 aromatic carbocycles.